The van der Waals surface area contributed by atoms with Crippen molar-refractivity contribution >= 4 is 11.6 Å². The number of carbonyl (C=O) groups is 1. The molecule has 0 aliphatic heterocycles. The van der Waals surface area contributed by atoms with E-state index < -0.39 is 0 Å². The van der Waals surface area contributed by atoms with Gasteiger partial charge in [0.1, 0.15) is 0 Å². The highest BCUT2D eigenvalue weighted by Gasteiger charge is 2.15. The Balaban J connectivity index is 1.66. The molecule has 7 heteroatoms. The van der Waals surface area contributed by atoms with E-state index in [0.717, 1.165) is 16.9 Å². The number of benzene rings is 1. The minimum absolute atomic E-state index is 0.135. The molecule has 0 fully saturated rings. The second kappa shape index (κ2) is 7.99. The fraction of sp³-hybridized carbons (Fsp3) is 0.300. The van der Waals surface area contributed by atoms with E-state index in [1.54, 1.807) is 10.6 Å². The van der Waals surface area contributed by atoms with Crippen LogP contribution in [0.1, 0.15) is 30.5 Å². The van der Waals surface area contributed by atoms with Gasteiger partial charge in [-0.15, -0.1) is 0 Å². The monoisotopic (exact) mass is 366 g/mol. The summed E-state index contributed by atoms with van der Waals surface area (Å²) in [5.74, 6) is 0.438. The summed E-state index contributed by atoms with van der Waals surface area (Å²) >= 11 is 0. The Morgan fingerprint density at radius 1 is 1.22 bits per heavy atom. The summed E-state index contributed by atoms with van der Waals surface area (Å²) in [5.41, 5.74) is 2.95. The first kappa shape index (κ1) is 18.6. The standard InChI is InChI=1S/C20H22N4O3/c1-4-24-14(3)8-9-16(20(24)26)19-22-18(27-23-19)11-10-17(25)21-15-7-5-6-13(2)12-15/h5-9,12H,4,10-11H2,1-3H3,(H,21,25). The summed E-state index contributed by atoms with van der Waals surface area (Å²) in [4.78, 5) is 28.9. The Hall–Kier alpha value is -3.22. The van der Waals surface area contributed by atoms with Gasteiger partial charge >= 0.3 is 0 Å². The summed E-state index contributed by atoms with van der Waals surface area (Å²) in [5, 5.41) is 6.73. The van der Waals surface area contributed by atoms with E-state index in [4.69, 9.17) is 4.52 Å². The summed E-state index contributed by atoms with van der Waals surface area (Å²) in [6.45, 7) is 6.32. The molecule has 0 aliphatic rings. The number of aryl methyl sites for hydroxylation is 3. The van der Waals surface area contributed by atoms with E-state index in [9.17, 15) is 9.59 Å². The Morgan fingerprint density at radius 2 is 2.04 bits per heavy atom. The molecule has 0 saturated carbocycles. The molecule has 0 spiro atoms. The molecule has 1 N–H and O–H groups in total. The average molecular weight is 366 g/mol. The Bertz CT molecular complexity index is 1020. The molecule has 2 heterocycles. The second-order valence-corrected chi connectivity index (χ2v) is 6.37. The minimum atomic E-state index is -0.151. The summed E-state index contributed by atoms with van der Waals surface area (Å²) in [6.07, 6.45) is 0.515. The van der Waals surface area contributed by atoms with E-state index in [1.807, 2.05) is 51.1 Å². The van der Waals surface area contributed by atoms with Crippen molar-refractivity contribution in [2.75, 3.05) is 5.32 Å². The molecule has 0 bridgehead atoms. The molecular weight excluding hydrogens is 344 g/mol. The number of hydrogen-bond acceptors (Lipinski definition) is 5. The number of pyridine rings is 1. The van der Waals surface area contributed by atoms with Crippen LogP contribution in [-0.2, 0) is 17.8 Å². The Labute approximate surface area is 157 Å². The van der Waals surface area contributed by atoms with Crippen LogP contribution >= 0.6 is 0 Å². The summed E-state index contributed by atoms with van der Waals surface area (Å²) < 4.78 is 6.86. The van der Waals surface area contributed by atoms with Gasteiger partial charge in [-0.25, -0.2) is 0 Å². The van der Waals surface area contributed by atoms with Crippen molar-refractivity contribution in [1.29, 1.82) is 0 Å². The predicted molar refractivity (Wildman–Crippen MR) is 103 cm³/mol. The molecule has 0 unspecified atom stereocenters. The van der Waals surface area contributed by atoms with Crippen LogP contribution in [0.5, 0.6) is 0 Å². The van der Waals surface area contributed by atoms with Crippen LogP contribution in [0.15, 0.2) is 45.7 Å². The minimum Gasteiger partial charge on any atom is -0.339 e. The lowest BCUT2D eigenvalue weighted by molar-refractivity contribution is -0.116. The molecule has 0 radical (unpaired) electrons. The Kier molecular flexibility index (Phi) is 5.49. The lowest BCUT2D eigenvalue weighted by Gasteiger charge is -2.07. The van der Waals surface area contributed by atoms with Crippen LogP contribution in [0.3, 0.4) is 0 Å². The number of aromatic nitrogens is 3. The van der Waals surface area contributed by atoms with Crippen molar-refractivity contribution in [2.45, 2.75) is 40.2 Å². The van der Waals surface area contributed by atoms with Crippen molar-refractivity contribution in [3.8, 4) is 11.4 Å². The number of amides is 1. The molecule has 2 aromatic heterocycles. The van der Waals surface area contributed by atoms with Crippen LogP contribution in [0.25, 0.3) is 11.4 Å². The fourth-order valence-corrected chi connectivity index (χ4v) is 2.87. The maximum absolute atomic E-state index is 12.5. The van der Waals surface area contributed by atoms with Gasteiger partial charge in [0, 0.05) is 30.8 Å². The van der Waals surface area contributed by atoms with Gasteiger partial charge < -0.3 is 14.4 Å². The SMILES string of the molecule is CCn1c(C)ccc(-c2noc(CCC(=O)Nc3cccc(C)c3)n2)c1=O. The van der Waals surface area contributed by atoms with Gasteiger partial charge in [0.2, 0.25) is 17.6 Å². The highest BCUT2D eigenvalue weighted by molar-refractivity contribution is 5.90. The maximum Gasteiger partial charge on any atom is 0.261 e. The van der Waals surface area contributed by atoms with Crippen molar-refractivity contribution in [1.82, 2.24) is 14.7 Å². The smallest absolute Gasteiger partial charge is 0.261 e. The van der Waals surface area contributed by atoms with Gasteiger partial charge in [-0.2, -0.15) is 4.98 Å². The van der Waals surface area contributed by atoms with Crippen LogP contribution in [0.2, 0.25) is 0 Å². The molecule has 3 aromatic rings. The highest BCUT2D eigenvalue weighted by Crippen LogP contribution is 2.14. The number of carbonyl (C=O) groups excluding carboxylic acids is 1. The molecule has 140 valence electrons. The topological polar surface area (TPSA) is 90.0 Å². The zero-order valence-corrected chi connectivity index (χ0v) is 15.7. The van der Waals surface area contributed by atoms with Gasteiger partial charge in [-0.1, -0.05) is 17.3 Å². The van der Waals surface area contributed by atoms with E-state index in [2.05, 4.69) is 15.5 Å². The van der Waals surface area contributed by atoms with E-state index in [0.29, 0.717) is 24.4 Å². The first-order chi connectivity index (χ1) is 13.0. The first-order valence-corrected chi connectivity index (χ1v) is 8.88. The van der Waals surface area contributed by atoms with Crippen molar-refractivity contribution < 1.29 is 9.32 Å². The van der Waals surface area contributed by atoms with Gasteiger partial charge in [-0.3, -0.25) is 9.59 Å². The number of rotatable bonds is 6. The van der Waals surface area contributed by atoms with E-state index >= 15 is 0 Å². The average Bonchev–Trinajstić information content (AvgIpc) is 3.09. The third kappa shape index (κ3) is 4.31. The van der Waals surface area contributed by atoms with Gasteiger partial charge in [0.25, 0.3) is 5.56 Å². The molecule has 3 rings (SSSR count). The second-order valence-electron chi connectivity index (χ2n) is 6.37. The maximum atomic E-state index is 12.5. The third-order valence-corrected chi connectivity index (χ3v) is 4.29. The molecular formula is C20H22N4O3. The van der Waals surface area contributed by atoms with E-state index in [1.165, 1.54) is 0 Å². The molecule has 27 heavy (non-hydrogen) atoms. The number of nitrogens with one attached hydrogen (secondary N) is 1. The summed E-state index contributed by atoms with van der Waals surface area (Å²) in [7, 11) is 0. The van der Waals surface area contributed by atoms with E-state index in [-0.39, 0.29) is 23.7 Å². The first-order valence-electron chi connectivity index (χ1n) is 8.88. The number of hydrogen-bond donors (Lipinski definition) is 1. The molecule has 7 nitrogen and oxygen atoms in total. The number of nitrogens with zero attached hydrogens (tertiary/aromatic N) is 3. The van der Waals surface area contributed by atoms with Crippen molar-refractivity contribution in [2.24, 2.45) is 0 Å². The predicted octanol–water partition coefficient (Wildman–Crippen LogP) is 3.11. The number of anilines is 1. The van der Waals surface area contributed by atoms with Gasteiger partial charge in [-0.05, 0) is 50.6 Å². The fourth-order valence-electron chi connectivity index (χ4n) is 2.87. The molecule has 1 amide bonds. The zero-order chi connectivity index (χ0) is 19.4. The molecule has 0 saturated heterocycles. The normalized spacial score (nSPS) is 10.8. The Morgan fingerprint density at radius 3 is 2.78 bits per heavy atom. The quantitative estimate of drug-likeness (QED) is 0.724. The van der Waals surface area contributed by atoms with Crippen molar-refractivity contribution in [3.63, 3.8) is 0 Å². The van der Waals surface area contributed by atoms with Gasteiger partial charge in [0.15, 0.2) is 0 Å². The third-order valence-electron chi connectivity index (χ3n) is 4.29. The molecule has 0 atom stereocenters. The van der Waals surface area contributed by atoms with Crippen LogP contribution < -0.4 is 10.9 Å². The van der Waals surface area contributed by atoms with Crippen LogP contribution in [0, 0.1) is 13.8 Å². The lowest BCUT2D eigenvalue weighted by Crippen LogP contribution is -2.23. The summed E-state index contributed by atoms with van der Waals surface area (Å²) in [6, 6.07) is 11.1. The molecule has 1 aromatic carbocycles. The zero-order valence-electron chi connectivity index (χ0n) is 15.7. The highest BCUT2D eigenvalue weighted by atomic mass is 16.5. The molecule has 0 aliphatic carbocycles. The van der Waals surface area contributed by atoms with Crippen LogP contribution in [0.4, 0.5) is 5.69 Å². The lowest BCUT2D eigenvalue weighted by atomic mass is 10.2. The van der Waals surface area contributed by atoms with Crippen LogP contribution in [-0.4, -0.2) is 20.6 Å². The van der Waals surface area contributed by atoms with Crippen molar-refractivity contribution in [3.05, 3.63) is 63.9 Å². The van der Waals surface area contributed by atoms with Gasteiger partial charge in [0.05, 0.1) is 5.56 Å². The largest absolute Gasteiger partial charge is 0.339 e.